The maximum Gasteiger partial charge on any atom is 0.0205 e. The number of benzene rings is 1. The van der Waals surface area contributed by atoms with E-state index in [-0.39, 0.29) is 12.4 Å². The van der Waals surface area contributed by atoms with Gasteiger partial charge in [0.15, 0.2) is 0 Å². The zero-order chi connectivity index (χ0) is 11.9. The van der Waals surface area contributed by atoms with E-state index in [9.17, 15) is 0 Å². The molecule has 0 saturated heterocycles. The minimum atomic E-state index is 0. The van der Waals surface area contributed by atoms with E-state index in [4.69, 9.17) is 0 Å². The van der Waals surface area contributed by atoms with Crippen LogP contribution in [-0.2, 0) is 6.54 Å². The van der Waals surface area contributed by atoms with Gasteiger partial charge in [-0.25, -0.2) is 0 Å². The van der Waals surface area contributed by atoms with Gasteiger partial charge in [-0.15, -0.1) is 12.4 Å². The maximum absolute atomic E-state index is 3.56. The molecule has 1 nitrogen and oxygen atoms in total. The van der Waals surface area contributed by atoms with Crippen LogP contribution in [0.15, 0.2) is 30.3 Å². The molecule has 1 aliphatic carbocycles. The Morgan fingerprint density at radius 3 is 2.39 bits per heavy atom. The molecule has 1 fully saturated rings. The van der Waals surface area contributed by atoms with Crippen molar-refractivity contribution in [2.45, 2.75) is 45.6 Å². The molecule has 18 heavy (non-hydrogen) atoms. The zero-order valence-corrected chi connectivity index (χ0v) is 12.2. The highest BCUT2D eigenvalue weighted by Crippen LogP contribution is 2.29. The molecular formula is C16H26ClN. The van der Waals surface area contributed by atoms with Gasteiger partial charge in [-0.2, -0.15) is 0 Å². The Morgan fingerprint density at radius 1 is 1.06 bits per heavy atom. The highest BCUT2D eigenvalue weighted by atomic mass is 35.5. The fraction of sp³-hybridized carbons (Fsp3) is 0.625. The van der Waals surface area contributed by atoms with E-state index >= 15 is 0 Å². The van der Waals surface area contributed by atoms with E-state index in [0.29, 0.717) is 0 Å². The standard InChI is InChI=1S/C16H25N.ClH/c1-14-7-9-15(10-8-14)11-12-17-13-16-5-3-2-4-6-16;/h2-6,14-15,17H,7-13H2,1H3;1H. The second kappa shape index (κ2) is 8.55. The van der Waals surface area contributed by atoms with Gasteiger partial charge < -0.3 is 5.32 Å². The molecule has 0 bridgehead atoms. The van der Waals surface area contributed by atoms with Crippen LogP contribution in [0, 0.1) is 11.8 Å². The molecule has 1 aromatic rings. The SMILES string of the molecule is CC1CCC(CCNCc2ccccc2)CC1.Cl. The van der Waals surface area contributed by atoms with Crippen molar-refractivity contribution in [2.24, 2.45) is 11.8 Å². The van der Waals surface area contributed by atoms with Crippen LogP contribution in [0.5, 0.6) is 0 Å². The van der Waals surface area contributed by atoms with Crippen LogP contribution >= 0.6 is 12.4 Å². The van der Waals surface area contributed by atoms with E-state index in [1.54, 1.807) is 0 Å². The molecule has 0 unspecified atom stereocenters. The summed E-state index contributed by atoms with van der Waals surface area (Å²) in [6.45, 7) is 4.59. The first-order valence-electron chi connectivity index (χ1n) is 7.09. The summed E-state index contributed by atoms with van der Waals surface area (Å²) in [7, 11) is 0. The monoisotopic (exact) mass is 267 g/mol. The summed E-state index contributed by atoms with van der Waals surface area (Å²) in [5, 5.41) is 3.56. The van der Waals surface area contributed by atoms with Crippen molar-refractivity contribution in [2.75, 3.05) is 6.54 Å². The van der Waals surface area contributed by atoms with Gasteiger partial charge in [-0.1, -0.05) is 62.9 Å². The van der Waals surface area contributed by atoms with E-state index in [2.05, 4.69) is 42.6 Å². The van der Waals surface area contributed by atoms with E-state index in [0.717, 1.165) is 18.4 Å². The Balaban J connectivity index is 0.00000162. The highest BCUT2D eigenvalue weighted by molar-refractivity contribution is 5.85. The lowest BCUT2D eigenvalue weighted by molar-refractivity contribution is 0.275. The predicted molar refractivity (Wildman–Crippen MR) is 81.1 cm³/mol. The zero-order valence-electron chi connectivity index (χ0n) is 11.4. The molecule has 102 valence electrons. The van der Waals surface area contributed by atoms with E-state index in [1.165, 1.54) is 44.2 Å². The summed E-state index contributed by atoms with van der Waals surface area (Å²) in [6, 6.07) is 10.7. The lowest BCUT2D eigenvalue weighted by Crippen LogP contribution is -2.20. The van der Waals surface area contributed by atoms with Crippen molar-refractivity contribution in [3.05, 3.63) is 35.9 Å². The number of nitrogens with one attached hydrogen (secondary N) is 1. The van der Waals surface area contributed by atoms with Gasteiger partial charge in [0.05, 0.1) is 0 Å². The summed E-state index contributed by atoms with van der Waals surface area (Å²) in [5.74, 6) is 1.96. The van der Waals surface area contributed by atoms with Crippen molar-refractivity contribution in [3.8, 4) is 0 Å². The largest absolute Gasteiger partial charge is 0.313 e. The smallest absolute Gasteiger partial charge is 0.0205 e. The summed E-state index contributed by atoms with van der Waals surface area (Å²) >= 11 is 0. The van der Waals surface area contributed by atoms with Crippen molar-refractivity contribution in [3.63, 3.8) is 0 Å². The molecule has 0 radical (unpaired) electrons. The molecule has 1 aromatic carbocycles. The van der Waals surface area contributed by atoms with Crippen LogP contribution < -0.4 is 5.32 Å². The highest BCUT2D eigenvalue weighted by Gasteiger charge is 2.17. The minimum absolute atomic E-state index is 0. The number of halogens is 1. The first-order chi connectivity index (χ1) is 8.34. The second-order valence-corrected chi connectivity index (χ2v) is 5.58. The molecule has 0 aliphatic heterocycles. The summed E-state index contributed by atoms with van der Waals surface area (Å²) in [6.07, 6.45) is 7.16. The van der Waals surface area contributed by atoms with Crippen molar-refractivity contribution < 1.29 is 0 Å². The van der Waals surface area contributed by atoms with Crippen LogP contribution in [0.1, 0.15) is 44.6 Å². The van der Waals surface area contributed by atoms with Crippen LogP contribution in [0.25, 0.3) is 0 Å². The van der Waals surface area contributed by atoms with Gasteiger partial charge in [0.2, 0.25) is 0 Å². The second-order valence-electron chi connectivity index (χ2n) is 5.58. The molecule has 0 amide bonds. The average Bonchev–Trinajstić information content (AvgIpc) is 2.38. The minimum Gasteiger partial charge on any atom is -0.313 e. The van der Waals surface area contributed by atoms with Crippen LogP contribution in [0.4, 0.5) is 0 Å². The third-order valence-electron chi connectivity index (χ3n) is 4.04. The molecule has 2 heteroatoms. The van der Waals surface area contributed by atoms with E-state index in [1.807, 2.05) is 0 Å². The normalized spacial score (nSPS) is 23.4. The lowest BCUT2D eigenvalue weighted by atomic mass is 9.81. The maximum atomic E-state index is 3.56. The Morgan fingerprint density at radius 2 is 1.72 bits per heavy atom. The van der Waals surface area contributed by atoms with Gasteiger partial charge in [-0.05, 0) is 30.4 Å². The number of hydrogen-bond acceptors (Lipinski definition) is 1. The Bertz CT molecular complexity index is 304. The summed E-state index contributed by atoms with van der Waals surface area (Å²) in [5.41, 5.74) is 1.39. The molecule has 2 rings (SSSR count). The Labute approximate surface area is 118 Å². The quantitative estimate of drug-likeness (QED) is 0.779. The molecule has 1 aliphatic rings. The van der Waals surface area contributed by atoms with Crippen LogP contribution in [-0.4, -0.2) is 6.54 Å². The predicted octanol–water partition coefficient (Wildman–Crippen LogP) is 4.41. The number of rotatable bonds is 5. The Hall–Kier alpha value is -0.530. The van der Waals surface area contributed by atoms with Crippen molar-refractivity contribution >= 4 is 12.4 Å². The Kier molecular flexibility index (Phi) is 7.38. The van der Waals surface area contributed by atoms with E-state index < -0.39 is 0 Å². The summed E-state index contributed by atoms with van der Waals surface area (Å²) < 4.78 is 0. The summed E-state index contributed by atoms with van der Waals surface area (Å²) in [4.78, 5) is 0. The lowest BCUT2D eigenvalue weighted by Gasteiger charge is -2.26. The van der Waals surface area contributed by atoms with Gasteiger partial charge in [0, 0.05) is 6.54 Å². The van der Waals surface area contributed by atoms with Gasteiger partial charge in [0.1, 0.15) is 0 Å². The van der Waals surface area contributed by atoms with Crippen molar-refractivity contribution in [1.29, 1.82) is 0 Å². The molecule has 0 heterocycles. The molecule has 0 atom stereocenters. The van der Waals surface area contributed by atoms with Crippen molar-refractivity contribution in [1.82, 2.24) is 5.32 Å². The third kappa shape index (κ3) is 5.41. The van der Waals surface area contributed by atoms with Gasteiger partial charge in [0.25, 0.3) is 0 Å². The molecule has 1 N–H and O–H groups in total. The number of hydrogen-bond donors (Lipinski definition) is 1. The fourth-order valence-electron chi connectivity index (χ4n) is 2.75. The fourth-order valence-corrected chi connectivity index (χ4v) is 2.75. The van der Waals surface area contributed by atoms with Gasteiger partial charge in [-0.3, -0.25) is 0 Å². The topological polar surface area (TPSA) is 12.0 Å². The average molecular weight is 268 g/mol. The molecule has 0 aromatic heterocycles. The molecule has 1 saturated carbocycles. The van der Waals surface area contributed by atoms with Crippen LogP contribution in [0.3, 0.4) is 0 Å². The van der Waals surface area contributed by atoms with Gasteiger partial charge >= 0.3 is 0 Å². The first kappa shape index (κ1) is 15.5. The third-order valence-corrected chi connectivity index (χ3v) is 4.04. The first-order valence-corrected chi connectivity index (χ1v) is 7.09. The van der Waals surface area contributed by atoms with Crippen LogP contribution in [0.2, 0.25) is 0 Å². The molecular weight excluding hydrogens is 242 g/mol. The molecule has 0 spiro atoms.